The maximum Gasteiger partial charge on any atom is 0.224 e. The lowest BCUT2D eigenvalue weighted by Crippen LogP contribution is -2.50. The molecule has 2 aliphatic heterocycles. The first-order chi connectivity index (χ1) is 29.5. The third kappa shape index (κ3) is 13.2. The minimum atomic E-state index is -0.157. The summed E-state index contributed by atoms with van der Waals surface area (Å²) < 4.78 is 0. The van der Waals surface area contributed by atoms with Crippen molar-refractivity contribution in [1.29, 1.82) is 10.5 Å². The Morgan fingerprint density at radius 2 is 1.08 bits per heavy atom. The molecule has 320 valence electrons. The molecule has 8 rings (SSSR count). The van der Waals surface area contributed by atoms with Crippen LogP contribution in [-0.4, -0.2) is 86.4 Å². The highest BCUT2D eigenvalue weighted by atomic mass is 35.5. The zero-order valence-corrected chi connectivity index (χ0v) is 37.5. The number of benzene rings is 4. The maximum atomic E-state index is 11.9. The van der Waals surface area contributed by atoms with E-state index in [9.17, 15) is 9.59 Å². The molecule has 15 heteroatoms. The van der Waals surface area contributed by atoms with Crippen LogP contribution in [0.2, 0.25) is 20.1 Å². The first-order valence-corrected chi connectivity index (χ1v) is 22.4. The zero-order valence-electron chi connectivity index (χ0n) is 33.8. The number of amides is 1. The number of hydrogen-bond donors (Lipinski definition) is 2. The molecule has 0 spiro atoms. The van der Waals surface area contributed by atoms with Crippen LogP contribution in [0.5, 0.6) is 0 Å². The summed E-state index contributed by atoms with van der Waals surface area (Å²) in [5, 5.41) is 23.7. The van der Waals surface area contributed by atoms with Gasteiger partial charge in [-0.05, 0) is 109 Å². The van der Waals surface area contributed by atoms with Crippen molar-refractivity contribution in [1.82, 2.24) is 15.1 Å². The lowest BCUT2D eigenvalue weighted by molar-refractivity contribution is -0.122. The molecule has 2 saturated carbocycles. The predicted molar refractivity (Wildman–Crippen MR) is 247 cm³/mol. The summed E-state index contributed by atoms with van der Waals surface area (Å²) in [4.78, 5) is 31.2. The van der Waals surface area contributed by atoms with Crippen molar-refractivity contribution in [2.75, 3.05) is 75.2 Å². The molecule has 3 N–H and O–H groups in total. The second-order valence-electron chi connectivity index (χ2n) is 15.6. The molecule has 1 amide bonds. The van der Waals surface area contributed by atoms with Crippen LogP contribution in [0, 0.1) is 34.5 Å². The van der Waals surface area contributed by atoms with Crippen LogP contribution >= 0.6 is 58.0 Å². The van der Waals surface area contributed by atoms with Crippen LogP contribution in [0.1, 0.15) is 60.0 Å². The number of piperazine rings is 2. The number of carbonyl (C=O) groups is 2. The highest BCUT2D eigenvalue weighted by Gasteiger charge is 2.32. The smallest absolute Gasteiger partial charge is 0.224 e. The highest BCUT2D eigenvalue weighted by Crippen LogP contribution is 2.38. The predicted octanol–water partition coefficient (Wildman–Crippen LogP) is 9.10. The van der Waals surface area contributed by atoms with E-state index in [-0.39, 0.29) is 35.1 Å². The van der Waals surface area contributed by atoms with Gasteiger partial charge in [-0.2, -0.15) is 10.5 Å². The molecule has 61 heavy (non-hydrogen) atoms. The fraction of sp³-hybridized carbons (Fsp3) is 0.391. The average Bonchev–Trinajstić information content (AvgIpc) is 4.19. The van der Waals surface area contributed by atoms with E-state index in [1.807, 2.05) is 42.5 Å². The highest BCUT2D eigenvalue weighted by molar-refractivity contribution is 6.64. The van der Waals surface area contributed by atoms with E-state index in [1.54, 1.807) is 18.2 Å². The van der Waals surface area contributed by atoms with Crippen molar-refractivity contribution < 1.29 is 9.59 Å². The third-order valence-electron chi connectivity index (χ3n) is 11.2. The van der Waals surface area contributed by atoms with Gasteiger partial charge in [0.1, 0.15) is 0 Å². The van der Waals surface area contributed by atoms with E-state index in [2.05, 4.69) is 61.3 Å². The summed E-state index contributed by atoms with van der Waals surface area (Å²) >= 11 is 30.2. The number of hydrogen-bond acceptors (Lipinski definition) is 9. The quantitative estimate of drug-likeness (QED) is 0.142. The van der Waals surface area contributed by atoms with Crippen molar-refractivity contribution in [3.8, 4) is 12.1 Å². The van der Waals surface area contributed by atoms with Crippen LogP contribution in [0.4, 0.5) is 11.4 Å². The van der Waals surface area contributed by atoms with Gasteiger partial charge in [0.25, 0.3) is 0 Å². The van der Waals surface area contributed by atoms with Gasteiger partial charge in [0.05, 0.1) is 56.8 Å². The molecule has 4 aromatic rings. The number of nitrogens with zero attached hydrogens (tertiary/aromatic N) is 6. The zero-order chi connectivity index (χ0) is 43.5. The molecule has 2 heterocycles. The van der Waals surface area contributed by atoms with Gasteiger partial charge in [0.15, 0.2) is 0 Å². The molecule has 2 aliphatic carbocycles. The van der Waals surface area contributed by atoms with Gasteiger partial charge in [-0.15, -0.1) is 0 Å². The molecule has 0 aromatic heterocycles. The maximum absolute atomic E-state index is 11.9. The van der Waals surface area contributed by atoms with Gasteiger partial charge >= 0.3 is 0 Å². The summed E-state index contributed by atoms with van der Waals surface area (Å²) in [6, 6.07) is 31.3. The van der Waals surface area contributed by atoms with E-state index in [0.29, 0.717) is 39.3 Å². The third-order valence-corrected chi connectivity index (χ3v) is 12.6. The number of anilines is 2. The number of nitrogens with one attached hydrogen (secondary N) is 1. The van der Waals surface area contributed by atoms with Crippen LogP contribution in [0.3, 0.4) is 0 Å². The summed E-state index contributed by atoms with van der Waals surface area (Å²) in [6.07, 6.45) is 4.08. The van der Waals surface area contributed by atoms with E-state index < -0.39 is 0 Å². The second kappa shape index (κ2) is 22.3. The van der Waals surface area contributed by atoms with Gasteiger partial charge in [-0.1, -0.05) is 70.7 Å². The topological polar surface area (TPSA) is 133 Å². The van der Waals surface area contributed by atoms with Crippen molar-refractivity contribution >= 4 is 80.5 Å². The van der Waals surface area contributed by atoms with E-state index in [1.165, 1.54) is 5.56 Å². The fourth-order valence-corrected chi connectivity index (χ4v) is 8.59. The van der Waals surface area contributed by atoms with Crippen LogP contribution in [-0.2, 0) is 9.59 Å². The summed E-state index contributed by atoms with van der Waals surface area (Å²) in [6.45, 7) is 8.14. The second-order valence-corrected chi connectivity index (χ2v) is 17.7. The Hall–Kier alpha value is -4.07. The Bertz CT molecular complexity index is 2210. The van der Waals surface area contributed by atoms with Crippen LogP contribution in [0.15, 0.2) is 84.9 Å². The van der Waals surface area contributed by atoms with Gasteiger partial charge in [-0.3, -0.25) is 19.4 Å². The molecule has 4 fully saturated rings. The molecule has 0 unspecified atom stereocenters. The lowest BCUT2D eigenvalue weighted by Gasteiger charge is -2.43. The van der Waals surface area contributed by atoms with Gasteiger partial charge in [0, 0.05) is 87.3 Å². The molecule has 0 radical (unpaired) electrons. The molecular formula is C46H49Cl5N8O2. The van der Waals surface area contributed by atoms with Crippen molar-refractivity contribution in [2.24, 2.45) is 17.6 Å². The molecule has 0 bridgehead atoms. The van der Waals surface area contributed by atoms with Gasteiger partial charge in [0.2, 0.25) is 11.1 Å². The van der Waals surface area contributed by atoms with Crippen molar-refractivity contribution in [3.05, 3.63) is 127 Å². The number of halogens is 5. The minimum absolute atomic E-state index is 0.0978. The Morgan fingerprint density at radius 3 is 1.44 bits per heavy atom. The van der Waals surface area contributed by atoms with Crippen molar-refractivity contribution in [3.63, 3.8) is 0 Å². The summed E-state index contributed by atoms with van der Waals surface area (Å²) in [7, 11) is 0. The fourth-order valence-electron chi connectivity index (χ4n) is 7.54. The molecular weight excluding hydrogens is 874 g/mol. The number of nitrogens with two attached hydrogens (primary N) is 1. The van der Waals surface area contributed by atoms with Crippen LogP contribution in [0.25, 0.3) is 0 Å². The molecule has 10 nitrogen and oxygen atoms in total. The normalized spacial score (nSPS) is 19.0. The lowest BCUT2D eigenvalue weighted by atomic mass is 10.0. The Labute approximate surface area is 383 Å². The Balaban J connectivity index is 0.000000181. The molecule has 2 saturated heterocycles. The molecule has 4 aliphatic rings. The van der Waals surface area contributed by atoms with Crippen molar-refractivity contribution in [2.45, 2.75) is 37.8 Å². The number of nitriles is 2. The summed E-state index contributed by atoms with van der Waals surface area (Å²) in [5.74, 6) is 0.654. The van der Waals surface area contributed by atoms with E-state index >= 15 is 0 Å². The average molecular weight is 923 g/mol. The van der Waals surface area contributed by atoms with Crippen LogP contribution < -0.4 is 20.9 Å². The Morgan fingerprint density at radius 1 is 0.639 bits per heavy atom. The number of rotatable bonds is 11. The SMILES string of the molecule is N#Cc1ccc(N2CCN(CCN)C[C@H]2c2ccc(Cl)cc2)c(Cl)c1.N#Cc1ccc(N2CCN(CCNC(=O)C3CC3)C[C@H]2c2ccc(Cl)cc2)c(Cl)c1.O=C(Cl)C1CC1. The monoisotopic (exact) mass is 920 g/mol. The van der Waals surface area contributed by atoms with Gasteiger partial charge < -0.3 is 20.9 Å². The van der Waals surface area contributed by atoms with Gasteiger partial charge in [-0.25, -0.2) is 0 Å². The molecule has 4 aromatic carbocycles. The van der Waals surface area contributed by atoms with E-state index in [0.717, 1.165) is 100 Å². The molecule has 2 atom stereocenters. The van der Waals surface area contributed by atoms with E-state index in [4.69, 9.17) is 74.3 Å². The largest absolute Gasteiger partial charge is 0.361 e. The minimum Gasteiger partial charge on any atom is -0.361 e. The number of carbonyl (C=O) groups excluding carboxylic acids is 2. The Kier molecular flexibility index (Phi) is 17.0. The summed E-state index contributed by atoms with van der Waals surface area (Å²) in [5.41, 5.74) is 11.1. The standard InChI is InChI=1S/C23H24Cl2N4O.C19H20Cl2N4.C4H5ClO/c24-19-6-4-17(5-7-19)22-15-28(10-9-27-23(30)18-2-3-18)11-12-29(22)21-8-1-16(14-26)13-20(21)25;20-16-4-2-15(3-5-16)19-13-24(8-7-22)9-10-25(19)18-6-1-14(12-23)11-17(18)21;5-4(6)3-1-2-3/h1,4-8,13,18,22H,2-3,9-12,15H2,(H,27,30);1-6,11,19H,7-10,13,22H2;3H,1-2H2/t22-;19-;/m00./s1. The first-order valence-electron chi connectivity index (χ1n) is 20.5. The first kappa shape index (κ1) is 46.4.